The Balaban J connectivity index is 2.80. The number of nitrogens with one attached hydrogen (secondary N) is 1. The standard InChI is InChI=1S/C13H16BrNO4S/c1-8(2)15-12(16)5-6-20(19)11-7-9(14)3-4-10(11)13(17)18/h3-4,7-8H,5-6H2,1-2H3,(H,15,16)(H,17,18). The number of amides is 1. The van der Waals surface area contributed by atoms with E-state index in [9.17, 15) is 13.8 Å². The smallest absolute Gasteiger partial charge is 0.336 e. The van der Waals surface area contributed by atoms with Gasteiger partial charge in [0.15, 0.2) is 0 Å². The number of aromatic carboxylic acids is 1. The number of benzene rings is 1. The van der Waals surface area contributed by atoms with E-state index in [0.717, 1.165) is 0 Å². The van der Waals surface area contributed by atoms with Crippen LogP contribution in [-0.2, 0) is 15.6 Å². The molecule has 0 aromatic heterocycles. The van der Waals surface area contributed by atoms with Crippen molar-refractivity contribution in [2.45, 2.75) is 31.2 Å². The molecule has 0 bridgehead atoms. The molecule has 0 fully saturated rings. The van der Waals surface area contributed by atoms with E-state index in [1.165, 1.54) is 12.1 Å². The molecule has 20 heavy (non-hydrogen) atoms. The SMILES string of the molecule is CC(C)NC(=O)CCS(=O)c1cc(Br)ccc1C(=O)O. The molecule has 0 aliphatic heterocycles. The van der Waals surface area contributed by atoms with Gasteiger partial charge in [-0.2, -0.15) is 0 Å². The van der Waals surface area contributed by atoms with Gasteiger partial charge in [0, 0.05) is 22.7 Å². The molecule has 1 unspecified atom stereocenters. The average molecular weight is 362 g/mol. The minimum atomic E-state index is -1.53. The van der Waals surface area contributed by atoms with Crippen LogP contribution in [0.1, 0.15) is 30.6 Å². The highest BCUT2D eigenvalue weighted by Gasteiger charge is 2.17. The molecular formula is C13H16BrNO4S. The van der Waals surface area contributed by atoms with Gasteiger partial charge < -0.3 is 10.4 Å². The van der Waals surface area contributed by atoms with Crippen LogP contribution in [0.2, 0.25) is 0 Å². The Kier molecular flexibility index (Phi) is 6.35. The van der Waals surface area contributed by atoms with Crippen molar-refractivity contribution in [3.63, 3.8) is 0 Å². The van der Waals surface area contributed by atoms with Gasteiger partial charge in [0.2, 0.25) is 5.91 Å². The second kappa shape index (κ2) is 7.54. The molecular weight excluding hydrogens is 346 g/mol. The Labute approximate surface area is 128 Å². The first-order chi connectivity index (χ1) is 9.31. The summed E-state index contributed by atoms with van der Waals surface area (Å²) in [5.74, 6) is -1.23. The van der Waals surface area contributed by atoms with Crippen molar-refractivity contribution in [2.24, 2.45) is 0 Å². The van der Waals surface area contributed by atoms with Crippen LogP contribution < -0.4 is 5.32 Å². The number of carboxylic acids is 1. The van der Waals surface area contributed by atoms with E-state index in [4.69, 9.17) is 5.11 Å². The summed E-state index contributed by atoms with van der Waals surface area (Å²) in [5.41, 5.74) is -0.00389. The van der Waals surface area contributed by atoms with Crippen LogP contribution in [0.3, 0.4) is 0 Å². The second-order valence-corrected chi connectivity index (χ2v) is 6.92. The Morgan fingerprint density at radius 1 is 1.40 bits per heavy atom. The molecule has 0 saturated heterocycles. The van der Waals surface area contributed by atoms with E-state index in [0.29, 0.717) is 4.47 Å². The van der Waals surface area contributed by atoms with Gasteiger partial charge in [-0.3, -0.25) is 9.00 Å². The lowest BCUT2D eigenvalue weighted by Crippen LogP contribution is -2.31. The largest absolute Gasteiger partial charge is 0.478 e. The minimum Gasteiger partial charge on any atom is -0.478 e. The monoisotopic (exact) mass is 361 g/mol. The maximum atomic E-state index is 12.2. The van der Waals surface area contributed by atoms with Crippen LogP contribution in [0.5, 0.6) is 0 Å². The molecule has 5 nitrogen and oxygen atoms in total. The highest BCUT2D eigenvalue weighted by molar-refractivity contribution is 9.10. The lowest BCUT2D eigenvalue weighted by Gasteiger charge is -2.09. The molecule has 1 aromatic rings. The van der Waals surface area contributed by atoms with Gasteiger partial charge in [0.05, 0.1) is 21.3 Å². The summed E-state index contributed by atoms with van der Waals surface area (Å²) in [6.45, 7) is 3.68. The molecule has 0 aliphatic carbocycles. The number of carbonyl (C=O) groups is 2. The summed E-state index contributed by atoms with van der Waals surface area (Å²) >= 11 is 3.22. The summed E-state index contributed by atoms with van der Waals surface area (Å²) in [6.07, 6.45) is 0.0936. The Bertz CT molecular complexity index is 545. The predicted octanol–water partition coefficient (Wildman–Crippen LogP) is 2.17. The van der Waals surface area contributed by atoms with Crippen LogP contribution in [0, 0.1) is 0 Å². The molecule has 0 spiro atoms. The summed E-state index contributed by atoms with van der Waals surface area (Å²) in [7, 11) is -1.53. The van der Waals surface area contributed by atoms with E-state index in [1.807, 2.05) is 13.8 Å². The fourth-order valence-corrected chi connectivity index (χ4v) is 3.31. The molecule has 7 heteroatoms. The summed E-state index contributed by atoms with van der Waals surface area (Å²) < 4.78 is 12.8. The normalized spacial score (nSPS) is 12.2. The van der Waals surface area contributed by atoms with Crippen molar-refractivity contribution in [1.29, 1.82) is 0 Å². The van der Waals surface area contributed by atoms with Crippen LogP contribution in [0.15, 0.2) is 27.6 Å². The van der Waals surface area contributed by atoms with Gasteiger partial charge in [-0.1, -0.05) is 15.9 Å². The third-order valence-corrected chi connectivity index (χ3v) is 4.28. The van der Waals surface area contributed by atoms with E-state index in [2.05, 4.69) is 21.2 Å². The predicted molar refractivity (Wildman–Crippen MR) is 80.3 cm³/mol. The zero-order valence-corrected chi connectivity index (χ0v) is 13.6. The first-order valence-electron chi connectivity index (χ1n) is 6.02. The van der Waals surface area contributed by atoms with E-state index >= 15 is 0 Å². The third-order valence-electron chi connectivity index (χ3n) is 2.38. The molecule has 1 amide bonds. The molecule has 2 N–H and O–H groups in total. The highest BCUT2D eigenvalue weighted by Crippen LogP contribution is 2.20. The highest BCUT2D eigenvalue weighted by atomic mass is 79.9. The Hall–Kier alpha value is -1.21. The lowest BCUT2D eigenvalue weighted by molar-refractivity contribution is -0.121. The number of hydrogen-bond acceptors (Lipinski definition) is 3. The summed E-state index contributed by atoms with van der Waals surface area (Å²) in [6, 6.07) is 4.51. The number of carboxylic acid groups (broad SMARTS) is 1. The maximum absolute atomic E-state index is 12.2. The Morgan fingerprint density at radius 3 is 2.60 bits per heavy atom. The Morgan fingerprint density at radius 2 is 2.05 bits per heavy atom. The zero-order chi connectivity index (χ0) is 15.3. The number of halogens is 1. The molecule has 0 saturated carbocycles. The molecule has 1 aromatic carbocycles. The number of rotatable bonds is 6. The van der Waals surface area contributed by atoms with E-state index in [-0.39, 0.29) is 34.6 Å². The molecule has 0 radical (unpaired) electrons. The first-order valence-corrected chi connectivity index (χ1v) is 8.13. The van der Waals surface area contributed by atoms with Crippen LogP contribution in [0.4, 0.5) is 0 Å². The lowest BCUT2D eigenvalue weighted by atomic mass is 10.2. The van der Waals surface area contributed by atoms with Crippen LogP contribution >= 0.6 is 15.9 Å². The van der Waals surface area contributed by atoms with Gasteiger partial charge in [-0.05, 0) is 32.0 Å². The molecule has 0 heterocycles. The van der Waals surface area contributed by atoms with Gasteiger partial charge in [0.1, 0.15) is 0 Å². The van der Waals surface area contributed by atoms with Crippen LogP contribution in [0.25, 0.3) is 0 Å². The molecule has 1 atom stereocenters. The first kappa shape index (κ1) is 16.8. The van der Waals surface area contributed by atoms with Gasteiger partial charge in [0.25, 0.3) is 0 Å². The van der Waals surface area contributed by atoms with Crippen molar-refractivity contribution in [2.75, 3.05) is 5.75 Å². The van der Waals surface area contributed by atoms with Gasteiger partial charge in [-0.25, -0.2) is 4.79 Å². The van der Waals surface area contributed by atoms with Crippen molar-refractivity contribution in [1.82, 2.24) is 5.32 Å². The second-order valence-electron chi connectivity index (χ2n) is 4.47. The van der Waals surface area contributed by atoms with Crippen molar-refractivity contribution < 1.29 is 18.9 Å². The zero-order valence-electron chi connectivity index (χ0n) is 11.2. The summed E-state index contributed by atoms with van der Waals surface area (Å²) in [4.78, 5) is 22.8. The van der Waals surface area contributed by atoms with Gasteiger partial charge >= 0.3 is 5.97 Å². The molecule has 0 aliphatic rings. The van der Waals surface area contributed by atoms with E-state index < -0.39 is 16.8 Å². The van der Waals surface area contributed by atoms with Crippen molar-refractivity contribution in [3.05, 3.63) is 28.2 Å². The van der Waals surface area contributed by atoms with Crippen molar-refractivity contribution in [3.8, 4) is 0 Å². The topological polar surface area (TPSA) is 83.5 Å². The molecule has 1 rings (SSSR count). The maximum Gasteiger partial charge on any atom is 0.336 e. The fraction of sp³-hybridized carbons (Fsp3) is 0.385. The van der Waals surface area contributed by atoms with Crippen molar-refractivity contribution >= 4 is 38.6 Å². The quantitative estimate of drug-likeness (QED) is 0.813. The molecule has 110 valence electrons. The van der Waals surface area contributed by atoms with E-state index in [1.54, 1.807) is 6.07 Å². The summed E-state index contributed by atoms with van der Waals surface area (Å²) in [5, 5.41) is 11.8. The number of hydrogen-bond donors (Lipinski definition) is 2. The van der Waals surface area contributed by atoms with Gasteiger partial charge in [-0.15, -0.1) is 0 Å². The average Bonchev–Trinajstić information content (AvgIpc) is 2.34. The minimum absolute atomic E-state index is 0.00389. The third kappa shape index (κ3) is 5.05. The van der Waals surface area contributed by atoms with Crippen LogP contribution in [-0.4, -0.2) is 33.0 Å². The number of carbonyl (C=O) groups excluding carboxylic acids is 1. The fourth-order valence-electron chi connectivity index (χ4n) is 1.55.